The van der Waals surface area contributed by atoms with E-state index in [0.29, 0.717) is 18.0 Å². The van der Waals surface area contributed by atoms with Gasteiger partial charge in [0.05, 0.1) is 6.10 Å². The molecular weight excluding hydrogens is 278 g/mol. The van der Waals surface area contributed by atoms with Gasteiger partial charge < -0.3 is 9.64 Å². The third-order valence-corrected chi connectivity index (χ3v) is 3.62. The topological polar surface area (TPSA) is 54.4 Å². The van der Waals surface area contributed by atoms with Crippen LogP contribution in [0.3, 0.4) is 0 Å². The molecule has 1 atom stereocenters. The molecule has 1 fully saturated rings. The molecule has 112 valence electrons. The van der Waals surface area contributed by atoms with Gasteiger partial charge in [-0.1, -0.05) is 6.92 Å². The summed E-state index contributed by atoms with van der Waals surface area (Å²) in [4.78, 5) is 17.1. The van der Waals surface area contributed by atoms with Crippen LogP contribution in [-0.4, -0.2) is 58.7 Å². The third kappa shape index (κ3) is 3.70. The van der Waals surface area contributed by atoms with Crippen LogP contribution in [0.1, 0.15) is 27.2 Å². The van der Waals surface area contributed by atoms with Crippen molar-refractivity contribution >= 4 is 17.5 Å². The second kappa shape index (κ2) is 6.54. The molecule has 6 nitrogen and oxygen atoms in total. The second-order valence-corrected chi connectivity index (χ2v) is 5.68. The minimum atomic E-state index is 0.0113. The molecule has 0 spiro atoms. The van der Waals surface area contributed by atoms with E-state index in [9.17, 15) is 0 Å². The number of likely N-dealkylation sites (N-methyl/N-ethyl adjacent to an activating group) is 1. The lowest BCUT2D eigenvalue weighted by molar-refractivity contribution is 0.209. The highest BCUT2D eigenvalue weighted by molar-refractivity contribution is 6.28. The minimum absolute atomic E-state index is 0.0113. The van der Waals surface area contributed by atoms with Gasteiger partial charge in [-0.3, -0.25) is 4.90 Å². The number of piperazine rings is 1. The summed E-state index contributed by atoms with van der Waals surface area (Å²) >= 11 is 5.97. The van der Waals surface area contributed by atoms with E-state index in [2.05, 4.69) is 38.7 Å². The molecule has 20 heavy (non-hydrogen) atoms. The molecule has 7 heteroatoms. The van der Waals surface area contributed by atoms with Crippen molar-refractivity contribution in [1.29, 1.82) is 0 Å². The Kier molecular flexibility index (Phi) is 4.99. The molecule has 0 saturated carbocycles. The van der Waals surface area contributed by atoms with E-state index >= 15 is 0 Å². The van der Waals surface area contributed by atoms with Gasteiger partial charge in [-0.05, 0) is 38.9 Å². The van der Waals surface area contributed by atoms with Crippen LogP contribution in [0, 0.1) is 0 Å². The standard InChI is InChI=1S/C13H22ClN5O/c1-5-10-8-19(7-6-18(10)4)12-15-11(14)16-13(17-12)20-9(2)3/h9-10H,5-8H2,1-4H3. The zero-order chi connectivity index (χ0) is 14.7. The van der Waals surface area contributed by atoms with Crippen molar-refractivity contribution < 1.29 is 4.74 Å². The molecule has 1 aromatic heterocycles. The fourth-order valence-corrected chi connectivity index (χ4v) is 2.44. The van der Waals surface area contributed by atoms with Crippen molar-refractivity contribution in [2.45, 2.75) is 39.3 Å². The summed E-state index contributed by atoms with van der Waals surface area (Å²) < 4.78 is 5.52. The van der Waals surface area contributed by atoms with Gasteiger partial charge in [0, 0.05) is 25.7 Å². The van der Waals surface area contributed by atoms with Gasteiger partial charge in [0.15, 0.2) is 0 Å². The quantitative estimate of drug-likeness (QED) is 0.845. The van der Waals surface area contributed by atoms with Crippen molar-refractivity contribution in [3.8, 4) is 6.01 Å². The average molecular weight is 300 g/mol. The lowest BCUT2D eigenvalue weighted by atomic mass is 10.1. The number of ether oxygens (including phenoxy) is 1. The van der Waals surface area contributed by atoms with Crippen LogP contribution in [-0.2, 0) is 0 Å². The van der Waals surface area contributed by atoms with Crippen molar-refractivity contribution in [2.75, 3.05) is 31.6 Å². The van der Waals surface area contributed by atoms with Crippen LogP contribution < -0.4 is 9.64 Å². The zero-order valence-electron chi connectivity index (χ0n) is 12.5. The van der Waals surface area contributed by atoms with Gasteiger partial charge in [-0.15, -0.1) is 0 Å². The molecule has 0 aromatic carbocycles. The van der Waals surface area contributed by atoms with Gasteiger partial charge in [-0.25, -0.2) is 0 Å². The van der Waals surface area contributed by atoms with E-state index in [0.717, 1.165) is 26.1 Å². The van der Waals surface area contributed by atoms with Crippen LogP contribution in [0.15, 0.2) is 0 Å². The minimum Gasteiger partial charge on any atom is -0.461 e. The molecule has 1 saturated heterocycles. The molecule has 0 amide bonds. The number of anilines is 1. The van der Waals surface area contributed by atoms with Crippen molar-refractivity contribution in [2.24, 2.45) is 0 Å². The predicted molar refractivity (Wildman–Crippen MR) is 79.5 cm³/mol. The SMILES string of the molecule is CCC1CN(c2nc(Cl)nc(OC(C)C)n2)CCN1C. The summed E-state index contributed by atoms with van der Waals surface area (Å²) in [5.41, 5.74) is 0. The lowest BCUT2D eigenvalue weighted by Gasteiger charge is -2.39. The van der Waals surface area contributed by atoms with Crippen molar-refractivity contribution in [1.82, 2.24) is 19.9 Å². The fourth-order valence-electron chi connectivity index (χ4n) is 2.30. The third-order valence-electron chi connectivity index (χ3n) is 3.45. The number of halogens is 1. The molecule has 2 heterocycles. The highest BCUT2D eigenvalue weighted by Crippen LogP contribution is 2.20. The molecular formula is C13H22ClN5O. The number of hydrogen-bond donors (Lipinski definition) is 0. The van der Waals surface area contributed by atoms with Gasteiger partial charge in [0.1, 0.15) is 0 Å². The summed E-state index contributed by atoms with van der Waals surface area (Å²) in [5.74, 6) is 0.604. The predicted octanol–water partition coefficient (Wildman–Crippen LogP) is 1.84. The van der Waals surface area contributed by atoms with Crippen molar-refractivity contribution in [3.63, 3.8) is 0 Å². The van der Waals surface area contributed by atoms with Gasteiger partial charge >= 0.3 is 6.01 Å². The Hall–Kier alpha value is -1.14. The summed E-state index contributed by atoms with van der Waals surface area (Å²) in [5, 5.41) is 0.178. The fraction of sp³-hybridized carbons (Fsp3) is 0.769. The largest absolute Gasteiger partial charge is 0.461 e. The Balaban J connectivity index is 2.17. The molecule has 0 bridgehead atoms. The second-order valence-electron chi connectivity index (χ2n) is 5.34. The van der Waals surface area contributed by atoms with Crippen LogP contribution in [0.5, 0.6) is 6.01 Å². The smallest absolute Gasteiger partial charge is 0.322 e. The summed E-state index contributed by atoms with van der Waals surface area (Å²) in [6, 6.07) is 0.802. The van der Waals surface area contributed by atoms with E-state index in [1.807, 2.05) is 13.8 Å². The maximum Gasteiger partial charge on any atom is 0.322 e. The van der Waals surface area contributed by atoms with E-state index in [1.54, 1.807) is 0 Å². The maximum atomic E-state index is 5.97. The summed E-state index contributed by atoms with van der Waals surface area (Å²) in [6.45, 7) is 8.82. The Labute approximate surface area is 125 Å². The molecule has 1 aliphatic heterocycles. The first-order valence-corrected chi connectivity index (χ1v) is 7.40. The van der Waals surface area contributed by atoms with Gasteiger partial charge in [0.2, 0.25) is 11.2 Å². The van der Waals surface area contributed by atoms with Gasteiger partial charge in [0.25, 0.3) is 0 Å². The van der Waals surface area contributed by atoms with Crippen molar-refractivity contribution in [3.05, 3.63) is 5.28 Å². The Morgan fingerprint density at radius 3 is 2.70 bits per heavy atom. The van der Waals surface area contributed by atoms with E-state index in [4.69, 9.17) is 16.3 Å². The maximum absolute atomic E-state index is 5.97. The zero-order valence-corrected chi connectivity index (χ0v) is 13.3. The Morgan fingerprint density at radius 2 is 2.05 bits per heavy atom. The number of rotatable bonds is 4. The van der Waals surface area contributed by atoms with Gasteiger partial charge in [-0.2, -0.15) is 15.0 Å². The number of hydrogen-bond acceptors (Lipinski definition) is 6. The summed E-state index contributed by atoms with van der Waals surface area (Å²) in [7, 11) is 2.15. The van der Waals surface area contributed by atoms with E-state index in [-0.39, 0.29) is 11.4 Å². The van der Waals surface area contributed by atoms with E-state index in [1.165, 1.54) is 0 Å². The highest BCUT2D eigenvalue weighted by atomic mass is 35.5. The number of nitrogens with zero attached hydrogens (tertiary/aromatic N) is 5. The van der Waals surface area contributed by atoms with Crippen LogP contribution in [0.25, 0.3) is 0 Å². The molecule has 0 radical (unpaired) electrons. The van der Waals surface area contributed by atoms with E-state index < -0.39 is 0 Å². The molecule has 1 aliphatic rings. The molecule has 1 unspecified atom stereocenters. The molecule has 0 aliphatic carbocycles. The summed E-state index contributed by atoms with van der Waals surface area (Å²) in [6.07, 6.45) is 1.11. The first-order valence-electron chi connectivity index (χ1n) is 7.03. The first-order chi connectivity index (χ1) is 9.49. The van der Waals surface area contributed by atoms with Crippen LogP contribution >= 0.6 is 11.6 Å². The average Bonchev–Trinajstić information content (AvgIpc) is 2.37. The lowest BCUT2D eigenvalue weighted by Crippen LogP contribution is -2.51. The Morgan fingerprint density at radius 1 is 1.30 bits per heavy atom. The van der Waals surface area contributed by atoms with Crippen LogP contribution in [0.4, 0.5) is 5.95 Å². The Bertz CT molecular complexity index is 456. The molecule has 0 N–H and O–H groups in total. The first kappa shape index (κ1) is 15.3. The highest BCUT2D eigenvalue weighted by Gasteiger charge is 2.25. The monoisotopic (exact) mass is 299 g/mol. The number of aromatic nitrogens is 3. The molecule has 1 aromatic rings. The molecule has 2 rings (SSSR count). The van der Waals surface area contributed by atoms with Crippen LogP contribution in [0.2, 0.25) is 5.28 Å². The normalized spacial score (nSPS) is 20.5.